The maximum Gasteiger partial charge on any atom is 0.221 e. The van der Waals surface area contributed by atoms with Gasteiger partial charge in [0.25, 0.3) is 0 Å². The van der Waals surface area contributed by atoms with E-state index in [0.717, 1.165) is 22.7 Å². The molecule has 0 saturated heterocycles. The number of carbonyl (C=O) groups excluding carboxylic acids is 1. The molecule has 0 bridgehead atoms. The molecule has 0 spiro atoms. The molecule has 0 aliphatic carbocycles. The highest BCUT2D eigenvalue weighted by Crippen LogP contribution is 2.21. The third kappa shape index (κ3) is 4.15. The van der Waals surface area contributed by atoms with E-state index in [9.17, 15) is 4.79 Å². The number of aromatic nitrogens is 1. The van der Waals surface area contributed by atoms with Crippen LogP contribution in [0.2, 0.25) is 0 Å². The molecule has 0 atom stereocenters. The van der Waals surface area contributed by atoms with Gasteiger partial charge in [-0.2, -0.15) is 0 Å². The van der Waals surface area contributed by atoms with Crippen LogP contribution in [-0.4, -0.2) is 24.0 Å². The molecule has 0 saturated carbocycles. The second-order valence-electron chi connectivity index (χ2n) is 4.59. The number of nitrogens with two attached hydrogens (primary N) is 1. The van der Waals surface area contributed by atoms with Gasteiger partial charge in [0.2, 0.25) is 5.91 Å². The molecule has 0 unspecified atom stereocenters. The van der Waals surface area contributed by atoms with E-state index >= 15 is 0 Å². The van der Waals surface area contributed by atoms with E-state index in [1.165, 1.54) is 5.56 Å². The van der Waals surface area contributed by atoms with E-state index in [4.69, 9.17) is 5.73 Å². The van der Waals surface area contributed by atoms with Crippen molar-refractivity contribution in [2.45, 2.75) is 19.8 Å². The Bertz CT molecular complexity index is 563. The number of nitrogens with one attached hydrogen (secondary N) is 1. The van der Waals surface area contributed by atoms with Crippen molar-refractivity contribution in [1.82, 2.24) is 10.3 Å². The third-order valence-corrected chi connectivity index (χ3v) is 3.75. The molecule has 0 aliphatic heterocycles. The number of carbonyl (C=O) groups is 1. The van der Waals surface area contributed by atoms with Crippen LogP contribution < -0.4 is 11.1 Å². The first-order valence-electron chi connectivity index (χ1n) is 6.67. The van der Waals surface area contributed by atoms with Crippen molar-refractivity contribution < 1.29 is 4.79 Å². The number of hydrogen-bond acceptors (Lipinski definition) is 4. The second kappa shape index (κ2) is 7.17. The van der Waals surface area contributed by atoms with E-state index in [0.29, 0.717) is 19.5 Å². The smallest absolute Gasteiger partial charge is 0.221 e. The molecule has 0 radical (unpaired) electrons. The predicted molar refractivity (Wildman–Crippen MR) is 82.7 cm³/mol. The Morgan fingerprint density at radius 2 is 2.10 bits per heavy atom. The molecular formula is C15H19N3OS. The minimum atomic E-state index is 0.0158. The fraction of sp³-hybridized carbons (Fsp3) is 0.333. The van der Waals surface area contributed by atoms with Gasteiger partial charge in [-0.1, -0.05) is 24.3 Å². The summed E-state index contributed by atoms with van der Waals surface area (Å²) >= 11 is 1.66. The molecule has 1 aromatic carbocycles. The molecule has 2 aromatic rings. The zero-order valence-electron chi connectivity index (χ0n) is 11.6. The molecule has 3 N–H and O–H groups in total. The number of rotatable bonds is 6. The average Bonchev–Trinajstić information content (AvgIpc) is 2.86. The lowest BCUT2D eigenvalue weighted by Gasteiger charge is -2.05. The highest BCUT2D eigenvalue weighted by atomic mass is 32.1. The summed E-state index contributed by atoms with van der Waals surface area (Å²) in [6, 6.07) is 8.31. The van der Waals surface area contributed by atoms with Crippen LogP contribution in [0.5, 0.6) is 0 Å². The molecule has 0 aliphatic rings. The fourth-order valence-corrected chi connectivity index (χ4v) is 2.53. The molecule has 20 heavy (non-hydrogen) atoms. The van der Waals surface area contributed by atoms with Crippen LogP contribution in [0.1, 0.15) is 17.0 Å². The van der Waals surface area contributed by atoms with Gasteiger partial charge in [-0.3, -0.25) is 4.79 Å². The SMILES string of the molecule is Cc1nc(-c2ccc(CCNC(=O)CCN)cc2)cs1. The van der Waals surface area contributed by atoms with Crippen molar-refractivity contribution in [1.29, 1.82) is 0 Å². The standard InChI is InChI=1S/C15H19N3OS/c1-11-18-14(10-20-11)13-4-2-12(3-5-13)7-9-17-15(19)6-8-16/h2-5,10H,6-9,16H2,1H3,(H,17,19). The molecule has 5 heteroatoms. The Balaban J connectivity index is 1.87. The van der Waals surface area contributed by atoms with E-state index in [-0.39, 0.29) is 5.91 Å². The van der Waals surface area contributed by atoms with Gasteiger partial charge in [-0.25, -0.2) is 4.98 Å². The molecule has 1 heterocycles. The highest BCUT2D eigenvalue weighted by molar-refractivity contribution is 7.09. The molecule has 106 valence electrons. The van der Waals surface area contributed by atoms with E-state index < -0.39 is 0 Å². The van der Waals surface area contributed by atoms with Gasteiger partial charge in [0.15, 0.2) is 0 Å². The Labute approximate surface area is 123 Å². The molecule has 1 aromatic heterocycles. The van der Waals surface area contributed by atoms with Crippen molar-refractivity contribution in [3.05, 3.63) is 40.2 Å². The van der Waals surface area contributed by atoms with Crippen molar-refractivity contribution in [3.8, 4) is 11.3 Å². The predicted octanol–water partition coefficient (Wildman–Crippen LogP) is 2.13. The Kier molecular flexibility index (Phi) is 5.26. The Morgan fingerprint density at radius 3 is 2.70 bits per heavy atom. The van der Waals surface area contributed by atoms with Gasteiger partial charge in [0.1, 0.15) is 0 Å². The van der Waals surface area contributed by atoms with Crippen LogP contribution in [0.25, 0.3) is 11.3 Å². The lowest BCUT2D eigenvalue weighted by atomic mass is 10.1. The van der Waals surface area contributed by atoms with Crippen LogP contribution in [0, 0.1) is 6.92 Å². The van der Waals surface area contributed by atoms with Crippen molar-refractivity contribution >= 4 is 17.2 Å². The topological polar surface area (TPSA) is 68.0 Å². The molecule has 2 rings (SSSR count). The van der Waals surface area contributed by atoms with Crippen LogP contribution in [-0.2, 0) is 11.2 Å². The zero-order chi connectivity index (χ0) is 14.4. The minimum absolute atomic E-state index is 0.0158. The number of aryl methyl sites for hydroxylation is 1. The van der Waals surface area contributed by atoms with E-state index in [1.54, 1.807) is 11.3 Å². The van der Waals surface area contributed by atoms with Gasteiger partial charge < -0.3 is 11.1 Å². The molecular weight excluding hydrogens is 270 g/mol. The number of nitrogens with zero attached hydrogens (tertiary/aromatic N) is 1. The minimum Gasteiger partial charge on any atom is -0.356 e. The first-order valence-corrected chi connectivity index (χ1v) is 7.55. The fourth-order valence-electron chi connectivity index (χ4n) is 1.90. The Hall–Kier alpha value is -1.72. The Morgan fingerprint density at radius 1 is 1.35 bits per heavy atom. The van der Waals surface area contributed by atoms with Gasteiger partial charge in [0, 0.05) is 30.5 Å². The van der Waals surface area contributed by atoms with Crippen molar-refractivity contribution in [3.63, 3.8) is 0 Å². The van der Waals surface area contributed by atoms with Gasteiger partial charge in [0.05, 0.1) is 10.7 Å². The van der Waals surface area contributed by atoms with Crippen molar-refractivity contribution in [2.24, 2.45) is 5.73 Å². The monoisotopic (exact) mass is 289 g/mol. The first-order chi connectivity index (χ1) is 9.69. The quantitative estimate of drug-likeness (QED) is 0.856. The number of amides is 1. The third-order valence-electron chi connectivity index (χ3n) is 2.98. The summed E-state index contributed by atoms with van der Waals surface area (Å²) in [6.45, 7) is 3.05. The largest absolute Gasteiger partial charge is 0.356 e. The van der Waals surface area contributed by atoms with Crippen LogP contribution >= 0.6 is 11.3 Å². The molecule has 4 nitrogen and oxygen atoms in total. The van der Waals surface area contributed by atoms with E-state index in [1.807, 2.05) is 6.92 Å². The van der Waals surface area contributed by atoms with Gasteiger partial charge in [-0.05, 0) is 18.9 Å². The maximum atomic E-state index is 11.3. The summed E-state index contributed by atoms with van der Waals surface area (Å²) in [5, 5.41) is 5.99. The zero-order valence-corrected chi connectivity index (χ0v) is 12.4. The molecule has 0 fully saturated rings. The lowest BCUT2D eigenvalue weighted by molar-refractivity contribution is -0.120. The number of benzene rings is 1. The van der Waals surface area contributed by atoms with Crippen LogP contribution in [0.4, 0.5) is 0 Å². The average molecular weight is 289 g/mol. The number of hydrogen-bond donors (Lipinski definition) is 2. The van der Waals surface area contributed by atoms with Gasteiger partial charge in [-0.15, -0.1) is 11.3 Å². The summed E-state index contributed by atoms with van der Waals surface area (Å²) in [6.07, 6.45) is 1.22. The summed E-state index contributed by atoms with van der Waals surface area (Å²) in [5.74, 6) is 0.0158. The van der Waals surface area contributed by atoms with Gasteiger partial charge >= 0.3 is 0 Å². The van der Waals surface area contributed by atoms with Crippen LogP contribution in [0.3, 0.4) is 0 Å². The van der Waals surface area contributed by atoms with E-state index in [2.05, 4.69) is 39.9 Å². The summed E-state index contributed by atoms with van der Waals surface area (Å²) in [5.41, 5.74) is 8.68. The summed E-state index contributed by atoms with van der Waals surface area (Å²) in [4.78, 5) is 15.7. The lowest BCUT2D eigenvalue weighted by Crippen LogP contribution is -2.27. The summed E-state index contributed by atoms with van der Waals surface area (Å²) < 4.78 is 0. The highest BCUT2D eigenvalue weighted by Gasteiger charge is 2.03. The maximum absolute atomic E-state index is 11.3. The van der Waals surface area contributed by atoms with Crippen LogP contribution in [0.15, 0.2) is 29.6 Å². The van der Waals surface area contributed by atoms with Crippen molar-refractivity contribution in [2.75, 3.05) is 13.1 Å². The number of thiazole rings is 1. The molecule has 1 amide bonds. The normalized spacial score (nSPS) is 10.5. The first kappa shape index (κ1) is 14.7. The summed E-state index contributed by atoms with van der Waals surface area (Å²) in [7, 11) is 0. The second-order valence-corrected chi connectivity index (χ2v) is 5.65.